The lowest BCUT2D eigenvalue weighted by Crippen LogP contribution is -2.20. The minimum atomic E-state index is -4.62. The van der Waals surface area contributed by atoms with Crippen molar-refractivity contribution in [1.29, 1.82) is 0 Å². The molecule has 2 aromatic carbocycles. The third kappa shape index (κ3) is 4.94. The first-order chi connectivity index (χ1) is 11.8. The van der Waals surface area contributed by atoms with Gasteiger partial charge in [0.15, 0.2) is 0 Å². The number of amides is 1. The van der Waals surface area contributed by atoms with Crippen LogP contribution in [0.15, 0.2) is 61.2 Å². The Labute approximate surface area is 141 Å². The SMILES string of the molecule is C=CC(=O)NCc1ccc(C(=O)Oc2ccccc2C(F)(F)F)cc1. The lowest BCUT2D eigenvalue weighted by molar-refractivity contribution is -0.138. The van der Waals surface area contributed by atoms with Gasteiger partial charge in [0.1, 0.15) is 5.75 Å². The van der Waals surface area contributed by atoms with Crippen LogP contribution in [0.5, 0.6) is 5.75 Å². The Balaban J connectivity index is 2.09. The van der Waals surface area contributed by atoms with E-state index < -0.39 is 23.5 Å². The molecule has 0 aliphatic carbocycles. The summed E-state index contributed by atoms with van der Waals surface area (Å²) in [7, 11) is 0. The summed E-state index contributed by atoms with van der Waals surface area (Å²) in [5.74, 6) is -1.80. The predicted molar refractivity (Wildman–Crippen MR) is 84.9 cm³/mol. The maximum Gasteiger partial charge on any atom is 0.419 e. The van der Waals surface area contributed by atoms with Crippen LogP contribution in [0.2, 0.25) is 0 Å². The largest absolute Gasteiger partial charge is 0.422 e. The molecule has 0 bridgehead atoms. The smallest absolute Gasteiger partial charge is 0.419 e. The van der Waals surface area contributed by atoms with Gasteiger partial charge in [-0.2, -0.15) is 13.2 Å². The number of carbonyl (C=O) groups is 2. The standard InChI is InChI=1S/C18H14F3NO3/c1-2-16(23)22-11-12-7-9-13(10-8-12)17(24)25-15-6-4-3-5-14(15)18(19,20)21/h2-10H,1,11H2,(H,22,23). The molecule has 25 heavy (non-hydrogen) atoms. The minimum Gasteiger partial charge on any atom is -0.422 e. The maximum absolute atomic E-state index is 12.9. The summed E-state index contributed by atoms with van der Waals surface area (Å²) in [6.07, 6.45) is -3.49. The number of alkyl halides is 3. The van der Waals surface area contributed by atoms with Gasteiger partial charge in [-0.15, -0.1) is 0 Å². The third-order valence-corrected chi connectivity index (χ3v) is 3.24. The van der Waals surface area contributed by atoms with E-state index in [2.05, 4.69) is 11.9 Å². The minimum absolute atomic E-state index is 0.0933. The zero-order valence-electron chi connectivity index (χ0n) is 13.0. The lowest BCUT2D eigenvalue weighted by atomic mass is 10.1. The van der Waals surface area contributed by atoms with Gasteiger partial charge < -0.3 is 10.1 Å². The van der Waals surface area contributed by atoms with E-state index >= 15 is 0 Å². The maximum atomic E-state index is 12.9. The molecule has 4 nitrogen and oxygen atoms in total. The van der Waals surface area contributed by atoms with E-state index in [1.54, 1.807) is 12.1 Å². The van der Waals surface area contributed by atoms with Gasteiger partial charge in [-0.05, 0) is 35.9 Å². The van der Waals surface area contributed by atoms with Crippen molar-refractivity contribution in [1.82, 2.24) is 5.32 Å². The highest BCUT2D eigenvalue weighted by molar-refractivity contribution is 5.91. The van der Waals surface area contributed by atoms with Gasteiger partial charge in [0.25, 0.3) is 0 Å². The van der Waals surface area contributed by atoms with E-state index in [-0.39, 0.29) is 18.0 Å². The molecule has 0 atom stereocenters. The fourth-order valence-corrected chi connectivity index (χ4v) is 1.97. The second kappa shape index (κ2) is 7.65. The number of nitrogens with one attached hydrogen (secondary N) is 1. The van der Waals surface area contributed by atoms with Crippen molar-refractivity contribution < 1.29 is 27.5 Å². The van der Waals surface area contributed by atoms with E-state index in [4.69, 9.17) is 4.74 Å². The van der Waals surface area contributed by atoms with Crippen molar-refractivity contribution in [2.75, 3.05) is 0 Å². The summed E-state index contributed by atoms with van der Waals surface area (Å²) >= 11 is 0. The molecular formula is C18H14F3NO3. The number of carbonyl (C=O) groups excluding carboxylic acids is 2. The number of para-hydroxylation sites is 1. The first-order valence-corrected chi connectivity index (χ1v) is 7.19. The Morgan fingerprint density at radius 3 is 2.32 bits per heavy atom. The Morgan fingerprint density at radius 1 is 1.08 bits per heavy atom. The monoisotopic (exact) mass is 349 g/mol. The highest BCUT2D eigenvalue weighted by atomic mass is 19.4. The Morgan fingerprint density at radius 2 is 1.72 bits per heavy atom. The van der Waals surface area contributed by atoms with E-state index in [0.29, 0.717) is 5.56 Å². The van der Waals surface area contributed by atoms with Crippen LogP contribution in [0.3, 0.4) is 0 Å². The lowest BCUT2D eigenvalue weighted by Gasteiger charge is -2.12. The number of hydrogen-bond donors (Lipinski definition) is 1. The molecule has 0 saturated carbocycles. The summed E-state index contributed by atoms with van der Waals surface area (Å²) in [4.78, 5) is 23.1. The van der Waals surface area contributed by atoms with Crippen LogP contribution in [-0.4, -0.2) is 11.9 Å². The van der Waals surface area contributed by atoms with Crippen LogP contribution < -0.4 is 10.1 Å². The van der Waals surface area contributed by atoms with Crippen LogP contribution in [0.25, 0.3) is 0 Å². The second-order valence-corrected chi connectivity index (χ2v) is 5.00. The average molecular weight is 349 g/mol. The number of ether oxygens (including phenoxy) is 1. The molecule has 130 valence electrons. The Bertz CT molecular complexity index is 783. The van der Waals surface area contributed by atoms with Crippen LogP contribution in [0.1, 0.15) is 21.5 Å². The van der Waals surface area contributed by atoms with Crippen LogP contribution in [0, 0.1) is 0 Å². The van der Waals surface area contributed by atoms with E-state index in [1.165, 1.54) is 24.3 Å². The van der Waals surface area contributed by atoms with Gasteiger partial charge in [-0.3, -0.25) is 4.79 Å². The van der Waals surface area contributed by atoms with Gasteiger partial charge in [0.2, 0.25) is 5.91 Å². The Kier molecular flexibility index (Phi) is 5.59. The van der Waals surface area contributed by atoms with E-state index in [0.717, 1.165) is 18.2 Å². The summed E-state index contributed by atoms with van der Waals surface area (Å²) in [5, 5.41) is 2.56. The molecule has 0 fully saturated rings. The predicted octanol–water partition coefficient (Wildman–Crippen LogP) is 3.73. The molecule has 0 unspecified atom stereocenters. The topological polar surface area (TPSA) is 55.4 Å². The van der Waals surface area contributed by atoms with Crippen LogP contribution in [-0.2, 0) is 17.5 Å². The van der Waals surface area contributed by atoms with Crippen molar-refractivity contribution in [2.45, 2.75) is 12.7 Å². The number of hydrogen-bond acceptors (Lipinski definition) is 3. The zero-order valence-corrected chi connectivity index (χ0v) is 13.0. The second-order valence-electron chi connectivity index (χ2n) is 5.00. The quantitative estimate of drug-likeness (QED) is 0.508. The average Bonchev–Trinajstić information content (AvgIpc) is 2.59. The zero-order chi connectivity index (χ0) is 18.4. The van der Waals surface area contributed by atoms with E-state index in [1.807, 2.05) is 0 Å². The summed E-state index contributed by atoms with van der Waals surface area (Å²) in [5.41, 5.74) is -0.217. The number of esters is 1. The van der Waals surface area contributed by atoms with E-state index in [9.17, 15) is 22.8 Å². The molecule has 0 aliphatic rings. The highest BCUT2D eigenvalue weighted by Crippen LogP contribution is 2.36. The van der Waals surface area contributed by atoms with Crippen molar-refractivity contribution in [3.63, 3.8) is 0 Å². The molecule has 1 N–H and O–H groups in total. The molecule has 2 aromatic rings. The molecule has 0 radical (unpaired) electrons. The summed E-state index contributed by atoms with van der Waals surface area (Å²) < 4.78 is 43.6. The molecule has 0 aliphatic heterocycles. The molecule has 0 saturated heterocycles. The van der Waals surface area contributed by atoms with Crippen molar-refractivity contribution in [2.24, 2.45) is 0 Å². The summed E-state index contributed by atoms with van der Waals surface area (Å²) in [6.45, 7) is 3.55. The first-order valence-electron chi connectivity index (χ1n) is 7.19. The molecule has 2 rings (SSSR count). The normalized spacial score (nSPS) is 10.8. The van der Waals surface area contributed by atoms with Gasteiger partial charge >= 0.3 is 12.1 Å². The number of halogens is 3. The summed E-state index contributed by atoms with van der Waals surface area (Å²) in [6, 6.07) is 10.4. The molecule has 0 spiro atoms. The van der Waals surface area contributed by atoms with Gasteiger partial charge in [0.05, 0.1) is 11.1 Å². The fourth-order valence-electron chi connectivity index (χ4n) is 1.97. The molecule has 7 heteroatoms. The van der Waals surface area contributed by atoms with Gasteiger partial charge in [-0.1, -0.05) is 30.8 Å². The van der Waals surface area contributed by atoms with Crippen molar-refractivity contribution >= 4 is 11.9 Å². The molecule has 0 heterocycles. The van der Waals surface area contributed by atoms with Crippen molar-refractivity contribution in [3.05, 3.63) is 77.9 Å². The van der Waals surface area contributed by atoms with Crippen LogP contribution >= 0.6 is 0 Å². The number of rotatable bonds is 5. The van der Waals surface area contributed by atoms with Gasteiger partial charge in [-0.25, -0.2) is 4.79 Å². The first kappa shape index (κ1) is 18.3. The van der Waals surface area contributed by atoms with Crippen LogP contribution in [0.4, 0.5) is 13.2 Å². The molecule has 0 aromatic heterocycles. The number of benzene rings is 2. The van der Waals surface area contributed by atoms with Crippen molar-refractivity contribution in [3.8, 4) is 5.75 Å². The molecule has 1 amide bonds. The highest BCUT2D eigenvalue weighted by Gasteiger charge is 2.34. The van der Waals surface area contributed by atoms with Gasteiger partial charge in [0, 0.05) is 6.54 Å². The molecular weight excluding hydrogens is 335 g/mol. The third-order valence-electron chi connectivity index (χ3n) is 3.24. The fraction of sp³-hybridized carbons (Fsp3) is 0.111. The Hall–Kier alpha value is -3.09.